The highest BCUT2D eigenvalue weighted by Crippen LogP contribution is 2.33. The number of hydrogen-bond acceptors (Lipinski definition) is 9. The average molecular weight is 864 g/mol. The summed E-state index contributed by atoms with van der Waals surface area (Å²) in [6, 6.07) is 17.8. The van der Waals surface area contributed by atoms with Gasteiger partial charge in [-0.3, -0.25) is 19.5 Å². The third kappa shape index (κ3) is 8.57. The van der Waals surface area contributed by atoms with Crippen LogP contribution < -0.4 is 16.2 Å². The molecule has 0 bridgehead atoms. The van der Waals surface area contributed by atoms with E-state index in [1.807, 2.05) is 0 Å². The van der Waals surface area contributed by atoms with E-state index in [4.69, 9.17) is 13.8 Å². The molecular weight excluding hydrogens is 827 g/mol. The largest absolute Gasteiger partial charge is 0.477 e. The molecule has 0 aliphatic carbocycles. The second-order valence-corrected chi connectivity index (χ2v) is 15.4. The fourth-order valence-corrected chi connectivity index (χ4v) is 7.25. The van der Waals surface area contributed by atoms with Crippen LogP contribution >= 0.6 is 0 Å². The Morgan fingerprint density at radius 3 is 1.54 bits per heavy atom. The number of anilines is 1. The zero-order chi connectivity index (χ0) is 45.7. The van der Waals surface area contributed by atoms with Crippen molar-refractivity contribution in [3.05, 3.63) is 157 Å². The quantitative estimate of drug-likeness (QED) is 0.153. The molecule has 0 saturated heterocycles. The van der Waals surface area contributed by atoms with Crippen molar-refractivity contribution in [2.45, 2.75) is 54.1 Å². The van der Waals surface area contributed by atoms with Crippen LogP contribution in [0.25, 0.3) is 55.4 Å². The highest BCUT2D eigenvalue weighted by molar-refractivity contribution is 5.94. The summed E-state index contributed by atoms with van der Waals surface area (Å²) >= 11 is 0. The van der Waals surface area contributed by atoms with E-state index in [9.17, 15) is 41.8 Å². The lowest BCUT2D eigenvalue weighted by atomic mass is 10.0. The van der Waals surface area contributed by atoms with Crippen molar-refractivity contribution >= 4 is 39.7 Å². The minimum atomic E-state index is -1.42. The topological polar surface area (TPSA) is 172 Å². The number of hydrogen-bond donors (Lipinski definition) is 2. The number of carbonyl (C=O) groups is 2. The molecule has 4 aromatic heterocycles. The van der Waals surface area contributed by atoms with Crippen LogP contribution in [0.3, 0.4) is 0 Å². The van der Waals surface area contributed by atoms with Gasteiger partial charge >= 0.3 is 12.1 Å². The average Bonchev–Trinajstić information content (AvgIpc) is 3.72. The second-order valence-electron chi connectivity index (χ2n) is 15.4. The van der Waals surface area contributed by atoms with Gasteiger partial charge in [-0.05, 0) is 108 Å². The van der Waals surface area contributed by atoms with E-state index in [-0.39, 0.29) is 33.5 Å². The molecule has 0 fully saturated rings. The molecule has 2 N–H and O–H groups in total. The van der Waals surface area contributed by atoms with Crippen molar-refractivity contribution in [3.63, 3.8) is 0 Å². The number of aromatic nitrogens is 4. The summed E-state index contributed by atoms with van der Waals surface area (Å²) in [6.45, 7) is 12.1. The lowest BCUT2D eigenvalue weighted by Gasteiger charge is -2.22. The molecular formula is C46H37F4N5O8. The molecule has 4 heterocycles. The standard InChI is InChI=1S/C25H23F2N3O4.C21H14F2N2O4/c1-13-23(14(2)34-29-13)15-6-8-17-20(10-15)30(19-9-7-16(26)11-18(19)27)22(12-21(17)31)28-24(32)33-25(3,4)5;1-10-20(11(2)29-24-10)12-3-5-14-17(7-12)25(18(21(27)28)9-19(14)26)16-6-4-13(22)8-15(16)23/h6-12H,1-5H3,(H,28,32);3-9H,1-2H3,(H,27,28). The first-order valence-corrected chi connectivity index (χ1v) is 19.1. The van der Waals surface area contributed by atoms with E-state index in [0.717, 1.165) is 40.5 Å². The van der Waals surface area contributed by atoms with Gasteiger partial charge in [-0.2, -0.15) is 0 Å². The molecule has 63 heavy (non-hydrogen) atoms. The number of ether oxygens (including phenoxy) is 1. The number of carboxylic acid groups (broad SMARTS) is 1. The van der Waals surface area contributed by atoms with Crippen molar-refractivity contribution in [3.8, 4) is 33.6 Å². The number of carbonyl (C=O) groups excluding carboxylic acids is 1. The summed E-state index contributed by atoms with van der Waals surface area (Å²) in [5.74, 6) is -3.74. The summed E-state index contributed by atoms with van der Waals surface area (Å²) in [5.41, 5.74) is 2.00. The van der Waals surface area contributed by atoms with Crippen LogP contribution in [0.4, 0.5) is 28.2 Å². The third-order valence-electron chi connectivity index (χ3n) is 9.82. The Bertz CT molecular complexity index is 3230. The van der Waals surface area contributed by atoms with Crippen molar-refractivity contribution in [2.24, 2.45) is 0 Å². The maximum Gasteiger partial charge on any atom is 0.413 e. The van der Waals surface area contributed by atoms with Gasteiger partial charge in [0.2, 0.25) is 0 Å². The summed E-state index contributed by atoms with van der Waals surface area (Å²) in [6.07, 6.45) is -0.829. The maximum atomic E-state index is 14.9. The Morgan fingerprint density at radius 2 is 1.11 bits per heavy atom. The number of halogens is 4. The SMILES string of the molecule is Cc1noc(C)c1-c1ccc2c(=O)cc(C(=O)O)n(-c3ccc(F)cc3F)c2c1.Cc1noc(C)c1-c1ccc2c(=O)cc(NC(=O)OC(C)(C)C)n(-c3ccc(F)cc3F)c2c1. The van der Waals surface area contributed by atoms with Gasteiger partial charge in [0.25, 0.3) is 0 Å². The molecule has 8 rings (SSSR count). The highest BCUT2D eigenvalue weighted by Gasteiger charge is 2.23. The molecule has 8 aromatic rings. The van der Waals surface area contributed by atoms with Gasteiger partial charge in [0, 0.05) is 46.2 Å². The first-order chi connectivity index (χ1) is 29.7. The molecule has 1 amide bonds. The predicted octanol–water partition coefficient (Wildman–Crippen LogP) is 10.1. The van der Waals surface area contributed by atoms with Crippen molar-refractivity contribution in [1.82, 2.24) is 19.4 Å². The number of nitrogens with one attached hydrogen (secondary N) is 1. The first-order valence-electron chi connectivity index (χ1n) is 19.1. The number of pyridine rings is 2. The van der Waals surface area contributed by atoms with E-state index >= 15 is 0 Å². The fourth-order valence-electron chi connectivity index (χ4n) is 7.25. The smallest absolute Gasteiger partial charge is 0.413 e. The highest BCUT2D eigenvalue weighted by atomic mass is 19.1. The van der Waals surface area contributed by atoms with Crippen LogP contribution in [0.2, 0.25) is 0 Å². The van der Waals surface area contributed by atoms with Gasteiger partial charge < -0.3 is 23.5 Å². The van der Waals surface area contributed by atoms with Crippen LogP contribution in [-0.4, -0.2) is 42.2 Å². The number of amides is 1. The number of aryl methyl sites for hydroxylation is 4. The Morgan fingerprint density at radius 1 is 0.651 bits per heavy atom. The number of carboxylic acids is 1. The van der Waals surface area contributed by atoms with Crippen LogP contribution in [-0.2, 0) is 4.74 Å². The van der Waals surface area contributed by atoms with E-state index in [2.05, 4.69) is 15.6 Å². The van der Waals surface area contributed by atoms with E-state index in [1.54, 1.807) is 78.8 Å². The molecule has 0 aliphatic rings. The van der Waals surface area contributed by atoms with Crippen LogP contribution in [0.15, 0.2) is 104 Å². The fraction of sp³-hybridized carbons (Fsp3) is 0.174. The molecule has 0 radical (unpaired) electrons. The second kappa shape index (κ2) is 16.6. The van der Waals surface area contributed by atoms with Gasteiger partial charge in [-0.15, -0.1) is 0 Å². The molecule has 0 unspecified atom stereocenters. The monoisotopic (exact) mass is 863 g/mol. The minimum Gasteiger partial charge on any atom is -0.477 e. The lowest BCUT2D eigenvalue weighted by molar-refractivity contribution is 0.0632. The molecule has 0 atom stereocenters. The number of benzene rings is 4. The van der Waals surface area contributed by atoms with E-state index in [0.29, 0.717) is 51.2 Å². The van der Waals surface area contributed by atoms with Crippen molar-refractivity contribution < 1.29 is 46.0 Å². The van der Waals surface area contributed by atoms with Crippen LogP contribution in [0, 0.1) is 51.0 Å². The number of aromatic carboxylic acids is 1. The summed E-state index contributed by atoms with van der Waals surface area (Å²) in [5, 5.41) is 20.5. The van der Waals surface area contributed by atoms with Gasteiger partial charge in [0.05, 0.1) is 33.8 Å². The maximum absolute atomic E-state index is 14.9. The van der Waals surface area contributed by atoms with Gasteiger partial charge in [-0.1, -0.05) is 22.4 Å². The molecule has 0 aliphatic heterocycles. The molecule has 322 valence electrons. The Labute approximate surface area is 354 Å². The Kier molecular flexibility index (Phi) is 11.4. The van der Waals surface area contributed by atoms with Crippen LogP contribution in [0.5, 0.6) is 0 Å². The first kappa shape index (κ1) is 43.3. The summed E-state index contributed by atoms with van der Waals surface area (Å²) in [7, 11) is 0. The van der Waals surface area contributed by atoms with Crippen LogP contribution in [0.1, 0.15) is 54.2 Å². The molecule has 4 aromatic carbocycles. The van der Waals surface area contributed by atoms with Crippen molar-refractivity contribution in [2.75, 3.05) is 5.32 Å². The molecule has 13 nitrogen and oxygen atoms in total. The predicted molar refractivity (Wildman–Crippen MR) is 226 cm³/mol. The minimum absolute atomic E-state index is 0.0341. The lowest BCUT2D eigenvalue weighted by Crippen LogP contribution is -2.29. The van der Waals surface area contributed by atoms with Gasteiger partial charge in [0.1, 0.15) is 51.9 Å². The summed E-state index contributed by atoms with van der Waals surface area (Å²) < 4.78 is 74.8. The van der Waals surface area contributed by atoms with Gasteiger partial charge in [-0.25, -0.2) is 27.2 Å². The van der Waals surface area contributed by atoms with E-state index < -0.39 is 57.5 Å². The Hall–Kier alpha value is -7.82. The molecule has 0 spiro atoms. The molecule has 17 heteroatoms. The zero-order valence-electron chi connectivity index (χ0n) is 34.7. The number of fused-ring (bicyclic) bond motifs is 2. The van der Waals surface area contributed by atoms with Gasteiger partial charge in [0.15, 0.2) is 10.9 Å². The Balaban J connectivity index is 0.000000191. The normalized spacial score (nSPS) is 11.4. The molecule has 0 saturated carbocycles. The number of rotatable bonds is 6. The number of nitrogens with zero attached hydrogens (tertiary/aromatic N) is 4. The summed E-state index contributed by atoms with van der Waals surface area (Å²) in [4.78, 5) is 49.8. The third-order valence-corrected chi connectivity index (χ3v) is 9.82. The zero-order valence-corrected chi connectivity index (χ0v) is 34.7. The van der Waals surface area contributed by atoms with E-state index in [1.165, 1.54) is 22.8 Å². The van der Waals surface area contributed by atoms with Crippen molar-refractivity contribution in [1.29, 1.82) is 0 Å².